The van der Waals surface area contributed by atoms with Crippen molar-refractivity contribution in [2.45, 2.75) is 18.2 Å². The first-order chi connectivity index (χ1) is 12.0. The monoisotopic (exact) mass is 317 g/mol. The van der Waals surface area contributed by atoms with Crippen molar-refractivity contribution in [1.82, 2.24) is 0 Å². The Hall–Kier alpha value is -1.57. The van der Waals surface area contributed by atoms with Crippen molar-refractivity contribution in [1.29, 1.82) is 0 Å². The summed E-state index contributed by atoms with van der Waals surface area (Å²) >= 11 is 0. The quantitative estimate of drug-likeness (QED) is 0.800. The van der Waals surface area contributed by atoms with Gasteiger partial charge in [0, 0.05) is 20.0 Å². The summed E-state index contributed by atoms with van der Waals surface area (Å²) in [5, 5.41) is 0. The smallest absolute Gasteiger partial charge is 0.419 e. The van der Waals surface area contributed by atoms with E-state index in [1.807, 2.05) is 0 Å². The summed E-state index contributed by atoms with van der Waals surface area (Å²) in [7, 11) is -6.56. The maximum atomic E-state index is 14.0. The van der Waals surface area contributed by atoms with E-state index in [2.05, 4.69) is 9.47 Å². The van der Waals surface area contributed by atoms with Crippen LogP contribution in [0.5, 0.6) is 5.75 Å². The molecule has 1 heterocycles. The molecular formula is C13H14F5NO2. The second kappa shape index (κ2) is 5.32. The van der Waals surface area contributed by atoms with Gasteiger partial charge >= 0.3 is 6.18 Å². The molecule has 1 aliphatic heterocycles. The number of hydrogen-bond donors (Lipinski definition) is 0. The highest BCUT2D eigenvalue weighted by Crippen LogP contribution is 2.44. The van der Waals surface area contributed by atoms with Gasteiger partial charge in [0.1, 0.15) is 0 Å². The Kier molecular flexibility index (Phi) is 2.40. The molecule has 1 atom stereocenters. The first-order valence-corrected chi connectivity index (χ1v) is 5.74. The maximum absolute atomic E-state index is 14.0. The number of anilines is 1. The van der Waals surface area contributed by atoms with Crippen molar-refractivity contribution in [3.8, 4) is 5.75 Å². The van der Waals surface area contributed by atoms with E-state index in [1.165, 1.54) is 0 Å². The Morgan fingerprint density at radius 2 is 2.05 bits per heavy atom. The molecule has 118 valence electrons. The first-order valence-electron chi connectivity index (χ1n) is 8.74. The zero-order valence-electron chi connectivity index (χ0n) is 16.4. The molecule has 1 aromatic carbocycles. The Morgan fingerprint density at radius 3 is 2.67 bits per heavy atom. The molecule has 0 aromatic heterocycles. The Labute approximate surface area is 126 Å². The molecular weight excluding hydrogens is 297 g/mol. The fourth-order valence-electron chi connectivity index (χ4n) is 2.23. The maximum Gasteiger partial charge on any atom is 0.419 e. The SMILES string of the molecule is [2H]C([2H])([2H])Oc1c(N2CCC(OC([2H])([2H])[2H])(C(F)(F)F)C2)ccc(F)c1F. The molecule has 0 spiro atoms. The van der Waals surface area contributed by atoms with Gasteiger partial charge in [-0.2, -0.15) is 17.6 Å². The molecule has 1 aliphatic rings. The third-order valence-electron chi connectivity index (χ3n) is 3.42. The Morgan fingerprint density at radius 1 is 1.29 bits per heavy atom. The molecule has 2 rings (SSSR count). The minimum absolute atomic E-state index is 0.460. The number of ether oxygens (including phenoxy) is 2. The fraction of sp³-hybridized carbons (Fsp3) is 0.538. The molecule has 0 N–H and O–H groups in total. The number of benzene rings is 1. The van der Waals surface area contributed by atoms with Crippen LogP contribution in [0.3, 0.4) is 0 Å². The van der Waals surface area contributed by atoms with Crippen molar-refractivity contribution in [2.75, 3.05) is 32.1 Å². The molecule has 21 heavy (non-hydrogen) atoms. The molecule has 0 radical (unpaired) electrons. The summed E-state index contributed by atoms with van der Waals surface area (Å²) < 4.78 is 119. The van der Waals surface area contributed by atoms with Gasteiger partial charge in [-0.25, -0.2) is 4.39 Å². The predicted molar refractivity (Wildman–Crippen MR) is 65.5 cm³/mol. The highest BCUT2D eigenvalue weighted by molar-refractivity contribution is 5.60. The van der Waals surface area contributed by atoms with Gasteiger partial charge in [0.05, 0.1) is 27.5 Å². The lowest BCUT2D eigenvalue weighted by Crippen LogP contribution is -2.49. The summed E-state index contributed by atoms with van der Waals surface area (Å²) in [6, 6.07) is 1.44. The Bertz CT molecular complexity index is 708. The van der Waals surface area contributed by atoms with Crippen LogP contribution in [0.2, 0.25) is 0 Å². The van der Waals surface area contributed by atoms with E-state index in [0.29, 0.717) is 6.07 Å². The minimum atomic E-state index is -5.08. The van der Waals surface area contributed by atoms with Crippen LogP contribution in [-0.2, 0) is 4.74 Å². The minimum Gasteiger partial charge on any atom is -0.491 e. The van der Waals surface area contributed by atoms with Crippen LogP contribution in [0.15, 0.2) is 12.1 Å². The normalized spacial score (nSPS) is 28.1. The van der Waals surface area contributed by atoms with Crippen LogP contribution in [-0.4, -0.2) is 38.9 Å². The van der Waals surface area contributed by atoms with E-state index in [0.717, 1.165) is 11.0 Å². The van der Waals surface area contributed by atoms with E-state index < -0.39 is 68.4 Å². The van der Waals surface area contributed by atoms with E-state index >= 15 is 0 Å². The van der Waals surface area contributed by atoms with Crippen LogP contribution in [0, 0.1) is 11.6 Å². The van der Waals surface area contributed by atoms with Crippen LogP contribution >= 0.6 is 0 Å². The zero-order valence-corrected chi connectivity index (χ0v) is 10.4. The number of methoxy groups -OCH3 is 2. The second-order valence-electron chi connectivity index (χ2n) is 4.58. The van der Waals surface area contributed by atoms with Gasteiger partial charge in [-0.3, -0.25) is 0 Å². The summed E-state index contributed by atoms with van der Waals surface area (Å²) in [5.41, 5.74) is -3.56. The van der Waals surface area contributed by atoms with Gasteiger partial charge < -0.3 is 14.4 Å². The largest absolute Gasteiger partial charge is 0.491 e. The van der Waals surface area contributed by atoms with E-state index in [4.69, 9.17) is 8.22 Å². The van der Waals surface area contributed by atoms with Crippen molar-refractivity contribution in [3.63, 3.8) is 0 Å². The van der Waals surface area contributed by atoms with E-state index in [9.17, 15) is 22.0 Å². The third-order valence-corrected chi connectivity index (χ3v) is 3.42. The summed E-state index contributed by atoms with van der Waals surface area (Å²) in [6.45, 7) is -1.53. The molecule has 0 amide bonds. The lowest BCUT2D eigenvalue weighted by Gasteiger charge is -2.30. The van der Waals surface area contributed by atoms with Crippen molar-refractivity contribution in [2.24, 2.45) is 0 Å². The van der Waals surface area contributed by atoms with Crippen LogP contribution in [0.25, 0.3) is 0 Å². The van der Waals surface area contributed by atoms with Gasteiger partial charge in [0.2, 0.25) is 5.82 Å². The topological polar surface area (TPSA) is 21.7 Å². The van der Waals surface area contributed by atoms with Gasteiger partial charge in [-0.05, 0) is 12.1 Å². The first kappa shape index (κ1) is 9.45. The number of halogens is 5. The Balaban J connectivity index is 2.45. The standard InChI is InChI=1S/C13H14F5NO2/c1-20-11-9(4-3-8(14)10(11)15)19-6-5-12(7-19,21-2)13(16,17)18/h3-4H,5-7H2,1-2H3/i1D3,2D3. The fourth-order valence-corrected chi connectivity index (χ4v) is 2.23. The second-order valence-corrected chi connectivity index (χ2v) is 4.58. The number of hydrogen-bond acceptors (Lipinski definition) is 3. The van der Waals surface area contributed by atoms with E-state index in [1.54, 1.807) is 0 Å². The average molecular weight is 317 g/mol. The molecule has 1 fully saturated rings. The molecule has 3 nitrogen and oxygen atoms in total. The highest BCUT2D eigenvalue weighted by atomic mass is 19.4. The van der Waals surface area contributed by atoms with Gasteiger partial charge in [0.15, 0.2) is 17.2 Å². The predicted octanol–water partition coefficient (Wildman–Crippen LogP) is 3.13. The van der Waals surface area contributed by atoms with Gasteiger partial charge in [0.25, 0.3) is 0 Å². The van der Waals surface area contributed by atoms with E-state index in [-0.39, 0.29) is 0 Å². The molecule has 8 heteroatoms. The zero-order chi connectivity index (χ0) is 20.8. The van der Waals surface area contributed by atoms with Crippen LogP contribution in [0.1, 0.15) is 14.6 Å². The molecule has 0 bridgehead atoms. The average Bonchev–Trinajstić information content (AvgIpc) is 2.85. The van der Waals surface area contributed by atoms with Crippen molar-refractivity contribution in [3.05, 3.63) is 23.8 Å². The molecule has 1 unspecified atom stereocenters. The van der Waals surface area contributed by atoms with Crippen LogP contribution < -0.4 is 9.64 Å². The highest BCUT2D eigenvalue weighted by Gasteiger charge is 2.59. The van der Waals surface area contributed by atoms with Gasteiger partial charge in [-0.15, -0.1) is 0 Å². The lowest BCUT2D eigenvalue weighted by molar-refractivity contribution is -0.260. The van der Waals surface area contributed by atoms with Crippen molar-refractivity contribution >= 4 is 5.69 Å². The summed E-state index contributed by atoms with van der Waals surface area (Å²) in [6.07, 6.45) is -5.90. The molecule has 1 saturated heterocycles. The summed E-state index contributed by atoms with van der Waals surface area (Å²) in [5.74, 6) is -4.25. The molecule has 1 aromatic rings. The molecule has 0 aliphatic carbocycles. The third kappa shape index (κ3) is 2.52. The van der Waals surface area contributed by atoms with Crippen molar-refractivity contribution < 1.29 is 39.7 Å². The number of nitrogens with zero attached hydrogens (tertiary/aromatic N) is 1. The number of rotatable bonds is 3. The lowest BCUT2D eigenvalue weighted by atomic mass is 10.0. The number of alkyl halides is 3. The van der Waals surface area contributed by atoms with Crippen LogP contribution in [0.4, 0.5) is 27.6 Å². The van der Waals surface area contributed by atoms with Gasteiger partial charge in [-0.1, -0.05) is 0 Å². The summed E-state index contributed by atoms with van der Waals surface area (Å²) in [4.78, 5) is 0.836. The molecule has 0 saturated carbocycles.